The van der Waals surface area contributed by atoms with Crippen LogP contribution in [0.5, 0.6) is 0 Å². The number of rotatable bonds is 32. The van der Waals surface area contributed by atoms with Crippen LogP contribution in [0.15, 0.2) is 85.1 Å². The molecule has 0 bridgehead atoms. The van der Waals surface area contributed by atoms with E-state index in [1.807, 2.05) is 12.2 Å². The lowest BCUT2D eigenvalue weighted by Gasteiger charge is -2.15. The molecule has 0 heterocycles. The first-order valence-corrected chi connectivity index (χ1v) is 18.6. The fourth-order valence-corrected chi connectivity index (χ4v) is 4.63. The van der Waals surface area contributed by atoms with Crippen LogP contribution in [-0.4, -0.2) is 36.4 Å². The number of hydrogen-bond acceptors (Lipinski definition) is 5. The van der Waals surface area contributed by atoms with Gasteiger partial charge < -0.3 is 14.6 Å². The predicted octanol–water partition coefficient (Wildman–Crippen LogP) is 11.6. The topological polar surface area (TPSA) is 72.8 Å². The number of esters is 2. The summed E-state index contributed by atoms with van der Waals surface area (Å²) in [5.74, 6) is -0.708. The molecule has 0 aromatic rings. The summed E-state index contributed by atoms with van der Waals surface area (Å²) in [6.07, 6.45) is 50.8. The molecule has 0 aromatic heterocycles. The van der Waals surface area contributed by atoms with Gasteiger partial charge in [-0.3, -0.25) is 9.59 Å². The Morgan fingerprint density at radius 1 is 0.511 bits per heavy atom. The summed E-state index contributed by atoms with van der Waals surface area (Å²) in [6, 6.07) is 0. The van der Waals surface area contributed by atoms with E-state index in [1.165, 1.54) is 51.4 Å². The SMILES string of the molecule is CC/C=C\C/C=C\C/C=C\C/C=C\C/C=C\C/C=C\CCC(=O)O[C@@H](CO)COC(=O)CCCCCCC/C=C\CCCCCCC. The predicted molar refractivity (Wildman–Crippen MR) is 200 cm³/mol. The van der Waals surface area contributed by atoms with Crippen LogP contribution in [0, 0.1) is 0 Å². The zero-order valence-corrected chi connectivity index (χ0v) is 30.0. The first kappa shape index (κ1) is 44.1. The lowest BCUT2D eigenvalue weighted by molar-refractivity contribution is -0.161. The minimum Gasteiger partial charge on any atom is -0.462 e. The van der Waals surface area contributed by atoms with Gasteiger partial charge in [-0.1, -0.05) is 144 Å². The zero-order valence-electron chi connectivity index (χ0n) is 30.0. The molecule has 0 rings (SSSR count). The second kappa shape index (κ2) is 37.5. The Bertz CT molecular complexity index is 921. The maximum absolute atomic E-state index is 12.1. The number of unbranched alkanes of at least 4 members (excludes halogenated alkanes) is 10. The molecule has 0 amide bonds. The van der Waals surface area contributed by atoms with Crippen LogP contribution < -0.4 is 0 Å². The molecule has 0 aromatic carbocycles. The number of hydrogen-bond donors (Lipinski definition) is 1. The van der Waals surface area contributed by atoms with Crippen molar-refractivity contribution in [3.05, 3.63) is 85.1 Å². The summed E-state index contributed by atoms with van der Waals surface area (Å²) in [7, 11) is 0. The van der Waals surface area contributed by atoms with Crippen LogP contribution in [-0.2, 0) is 19.1 Å². The molecule has 0 spiro atoms. The highest BCUT2D eigenvalue weighted by Gasteiger charge is 2.15. The van der Waals surface area contributed by atoms with E-state index in [0.717, 1.165) is 64.2 Å². The van der Waals surface area contributed by atoms with Crippen molar-refractivity contribution in [2.24, 2.45) is 0 Å². The normalized spacial score (nSPS) is 13.2. The molecule has 47 heavy (non-hydrogen) atoms. The highest BCUT2D eigenvalue weighted by molar-refractivity contribution is 5.70. The molecule has 0 aliphatic rings. The molecule has 0 radical (unpaired) electrons. The molecule has 5 nitrogen and oxygen atoms in total. The second-order valence-electron chi connectivity index (χ2n) is 11.9. The molecule has 0 fully saturated rings. The van der Waals surface area contributed by atoms with Gasteiger partial charge in [-0.25, -0.2) is 0 Å². The Morgan fingerprint density at radius 2 is 0.957 bits per heavy atom. The average Bonchev–Trinajstić information content (AvgIpc) is 3.07. The quantitative estimate of drug-likeness (QED) is 0.0445. The lowest BCUT2D eigenvalue weighted by atomic mass is 10.1. The lowest BCUT2D eigenvalue weighted by Crippen LogP contribution is -2.28. The number of aliphatic hydroxyl groups is 1. The highest BCUT2D eigenvalue weighted by atomic mass is 16.6. The molecule has 0 saturated carbocycles. The summed E-state index contributed by atoms with van der Waals surface area (Å²) in [5.41, 5.74) is 0. The van der Waals surface area contributed by atoms with Gasteiger partial charge in [0.2, 0.25) is 0 Å². The molecule has 266 valence electrons. The van der Waals surface area contributed by atoms with E-state index in [4.69, 9.17) is 9.47 Å². The largest absolute Gasteiger partial charge is 0.462 e. The fourth-order valence-electron chi connectivity index (χ4n) is 4.63. The molecule has 0 unspecified atom stereocenters. The van der Waals surface area contributed by atoms with Crippen molar-refractivity contribution in [1.82, 2.24) is 0 Å². The molecule has 0 aliphatic carbocycles. The summed E-state index contributed by atoms with van der Waals surface area (Å²) in [6.45, 7) is 3.92. The number of allylic oxidation sites excluding steroid dienone is 14. The Morgan fingerprint density at radius 3 is 1.47 bits per heavy atom. The number of aliphatic hydroxyl groups excluding tert-OH is 1. The van der Waals surface area contributed by atoms with Gasteiger partial charge in [-0.15, -0.1) is 0 Å². The van der Waals surface area contributed by atoms with E-state index in [2.05, 4.69) is 86.8 Å². The van der Waals surface area contributed by atoms with Crippen molar-refractivity contribution in [2.75, 3.05) is 13.2 Å². The van der Waals surface area contributed by atoms with Crippen molar-refractivity contribution < 1.29 is 24.2 Å². The van der Waals surface area contributed by atoms with Crippen molar-refractivity contribution in [1.29, 1.82) is 0 Å². The maximum Gasteiger partial charge on any atom is 0.306 e. The number of carbonyl (C=O) groups excluding carboxylic acids is 2. The van der Waals surface area contributed by atoms with E-state index < -0.39 is 12.1 Å². The number of carbonyl (C=O) groups is 2. The van der Waals surface area contributed by atoms with E-state index in [-0.39, 0.29) is 25.6 Å². The van der Waals surface area contributed by atoms with Gasteiger partial charge >= 0.3 is 11.9 Å². The Hall–Kier alpha value is -2.92. The molecule has 5 heteroatoms. The first-order valence-electron chi connectivity index (χ1n) is 18.6. The van der Waals surface area contributed by atoms with Crippen LogP contribution >= 0.6 is 0 Å². The van der Waals surface area contributed by atoms with E-state index in [1.54, 1.807) is 0 Å². The van der Waals surface area contributed by atoms with Gasteiger partial charge in [-0.05, 0) is 77.0 Å². The molecular weight excluding hydrogens is 584 g/mol. The Balaban J connectivity index is 3.76. The van der Waals surface area contributed by atoms with Gasteiger partial charge in [0.15, 0.2) is 6.10 Å². The smallest absolute Gasteiger partial charge is 0.306 e. The molecule has 0 aliphatic heterocycles. The highest BCUT2D eigenvalue weighted by Crippen LogP contribution is 2.10. The molecule has 1 N–H and O–H groups in total. The molecular formula is C42H68O5. The Labute approximate surface area is 288 Å². The van der Waals surface area contributed by atoms with Crippen LogP contribution in [0.4, 0.5) is 0 Å². The third kappa shape index (κ3) is 35.8. The van der Waals surface area contributed by atoms with Crippen LogP contribution in [0.3, 0.4) is 0 Å². The second-order valence-corrected chi connectivity index (χ2v) is 11.9. The molecule has 0 saturated heterocycles. The fraction of sp³-hybridized carbons (Fsp3) is 0.619. The zero-order chi connectivity index (χ0) is 34.3. The van der Waals surface area contributed by atoms with Crippen LogP contribution in [0.2, 0.25) is 0 Å². The summed E-state index contributed by atoms with van der Waals surface area (Å²) in [4.78, 5) is 24.2. The summed E-state index contributed by atoms with van der Waals surface area (Å²) in [5, 5.41) is 9.52. The minimum atomic E-state index is -0.818. The van der Waals surface area contributed by atoms with Crippen molar-refractivity contribution in [3.8, 4) is 0 Å². The van der Waals surface area contributed by atoms with Gasteiger partial charge in [0.1, 0.15) is 6.61 Å². The van der Waals surface area contributed by atoms with Crippen molar-refractivity contribution in [3.63, 3.8) is 0 Å². The monoisotopic (exact) mass is 653 g/mol. The first-order chi connectivity index (χ1) is 23.1. The van der Waals surface area contributed by atoms with Crippen molar-refractivity contribution in [2.45, 2.75) is 155 Å². The van der Waals surface area contributed by atoms with Gasteiger partial charge in [0.05, 0.1) is 6.61 Å². The standard InChI is InChI=1S/C42H68O5/c1-3-5-7-9-11-13-15-17-19-20-21-22-23-25-27-29-31-33-35-37-42(45)47-40(38-43)39-46-41(44)36-34-32-30-28-26-24-18-16-14-12-10-8-6-4-2/h5,7,11,13,16-19,21-22,25,27,31,33,40,43H,3-4,6,8-10,12,14-15,20,23-24,26,28-30,32,34-39H2,1-2H3/b7-5-,13-11-,18-16-,19-17-,22-21-,27-25-,33-31-/t40-/m0/s1. The third-order valence-corrected chi connectivity index (χ3v) is 7.44. The maximum atomic E-state index is 12.1. The Kier molecular flexibility index (Phi) is 35.2. The van der Waals surface area contributed by atoms with E-state index >= 15 is 0 Å². The average molecular weight is 653 g/mol. The van der Waals surface area contributed by atoms with Gasteiger partial charge in [-0.2, -0.15) is 0 Å². The minimum absolute atomic E-state index is 0.105. The van der Waals surface area contributed by atoms with E-state index in [9.17, 15) is 14.7 Å². The van der Waals surface area contributed by atoms with Crippen LogP contribution in [0.1, 0.15) is 149 Å². The van der Waals surface area contributed by atoms with E-state index in [0.29, 0.717) is 12.8 Å². The van der Waals surface area contributed by atoms with Gasteiger partial charge in [0, 0.05) is 12.8 Å². The summed E-state index contributed by atoms with van der Waals surface area (Å²) >= 11 is 0. The van der Waals surface area contributed by atoms with Gasteiger partial charge in [0.25, 0.3) is 0 Å². The van der Waals surface area contributed by atoms with Crippen molar-refractivity contribution >= 4 is 11.9 Å². The number of ether oxygens (including phenoxy) is 2. The van der Waals surface area contributed by atoms with Crippen LogP contribution in [0.25, 0.3) is 0 Å². The third-order valence-electron chi connectivity index (χ3n) is 7.44. The summed E-state index contributed by atoms with van der Waals surface area (Å²) < 4.78 is 10.5. The molecule has 1 atom stereocenters.